The number of aliphatic carboxylic acids is 2. The number of piperidine rings is 1. The predicted octanol–water partition coefficient (Wildman–Crippen LogP) is 5.27. The van der Waals surface area contributed by atoms with Crippen LogP contribution in [0.3, 0.4) is 0 Å². The van der Waals surface area contributed by atoms with Gasteiger partial charge in [-0.05, 0) is 62.1 Å². The number of aromatic nitrogens is 1. The highest BCUT2D eigenvalue weighted by Gasteiger charge is 2.45. The second-order valence-corrected chi connectivity index (χ2v) is 9.48. The number of carboxylic acids is 2. The third-order valence-electron chi connectivity index (χ3n) is 6.28. The monoisotopic (exact) mass is 597 g/mol. The number of alkyl halides is 6. The van der Waals surface area contributed by atoms with E-state index in [9.17, 15) is 31.1 Å². The average molecular weight is 598 g/mol. The van der Waals surface area contributed by atoms with E-state index in [1.54, 1.807) is 12.4 Å². The van der Waals surface area contributed by atoms with E-state index >= 15 is 0 Å². The van der Waals surface area contributed by atoms with Crippen molar-refractivity contribution in [2.75, 3.05) is 19.6 Å². The van der Waals surface area contributed by atoms with E-state index in [2.05, 4.69) is 22.0 Å². The molecule has 0 radical (unpaired) electrons. The lowest BCUT2D eigenvalue weighted by atomic mass is 9.86. The van der Waals surface area contributed by atoms with Gasteiger partial charge in [-0.25, -0.2) is 9.59 Å². The molecule has 2 N–H and O–H groups in total. The lowest BCUT2D eigenvalue weighted by Crippen LogP contribution is -2.56. The maximum absolute atomic E-state index is 12.9. The SMILES string of the molecule is O=C(O)C(F)(F)F.O=C(O)C(F)(F)F.O=C(c1ccncc1)N1CCCC2(CCCN2Cc2ccc(Cl)cc2)C1. The number of carboxylic acid groups (broad SMARTS) is 2. The average Bonchev–Trinajstić information content (AvgIpc) is 3.25. The van der Waals surface area contributed by atoms with Gasteiger partial charge in [0.15, 0.2) is 0 Å². The second kappa shape index (κ2) is 13.8. The van der Waals surface area contributed by atoms with Crippen molar-refractivity contribution in [1.29, 1.82) is 0 Å². The standard InChI is InChI=1S/C21H24ClN3O.2C2HF3O2/c22-19-5-3-17(4-6-19)15-25-14-2-10-21(25)9-1-13-24(16-21)20(26)18-7-11-23-12-8-18;2*3-2(4,5)1(6)7/h3-8,11-12H,1-2,9-10,13-16H2;2*(H,6,7). The molecule has 40 heavy (non-hydrogen) atoms. The molecule has 15 heteroatoms. The summed E-state index contributed by atoms with van der Waals surface area (Å²) in [5.41, 5.74) is 2.13. The summed E-state index contributed by atoms with van der Waals surface area (Å²) in [5, 5.41) is 15.0. The number of hydrogen-bond donors (Lipinski definition) is 2. The summed E-state index contributed by atoms with van der Waals surface area (Å²) < 4.78 is 63.5. The highest BCUT2D eigenvalue weighted by molar-refractivity contribution is 6.30. The molecule has 1 aromatic carbocycles. The van der Waals surface area contributed by atoms with Gasteiger partial charge < -0.3 is 15.1 Å². The molecule has 2 aliphatic heterocycles. The number of nitrogens with zero attached hydrogens (tertiary/aromatic N) is 3. The minimum absolute atomic E-state index is 0.112. The van der Waals surface area contributed by atoms with Crippen LogP contribution in [0.4, 0.5) is 26.3 Å². The minimum atomic E-state index is -5.08. The number of pyridine rings is 1. The summed E-state index contributed by atoms with van der Waals surface area (Å²) in [4.78, 5) is 39.3. The molecule has 220 valence electrons. The zero-order chi connectivity index (χ0) is 30.1. The Bertz CT molecular complexity index is 1120. The Hall–Kier alpha value is -3.39. The van der Waals surface area contributed by atoms with Crippen molar-refractivity contribution < 1.29 is 50.9 Å². The van der Waals surface area contributed by atoms with Gasteiger partial charge in [0.25, 0.3) is 5.91 Å². The van der Waals surface area contributed by atoms with Crippen LogP contribution >= 0.6 is 11.6 Å². The minimum Gasteiger partial charge on any atom is -0.475 e. The van der Waals surface area contributed by atoms with Crippen LogP contribution in [0.1, 0.15) is 41.6 Å². The van der Waals surface area contributed by atoms with Gasteiger partial charge in [0, 0.05) is 48.2 Å². The Balaban J connectivity index is 0.000000333. The fourth-order valence-electron chi connectivity index (χ4n) is 4.48. The van der Waals surface area contributed by atoms with Gasteiger partial charge in [0.1, 0.15) is 0 Å². The number of likely N-dealkylation sites (tertiary alicyclic amines) is 2. The predicted molar refractivity (Wildman–Crippen MR) is 131 cm³/mol. The zero-order valence-electron chi connectivity index (χ0n) is 20.9. The first-order valence-corrected chi connectivity index (χ1v) is 12.2. The van der Waals surface area contributed by atoms with E-state index in [0.717, 1.165) is 43.2 Å². The molecule has 2 saturated heterocycles. The molecule has 0 bridgehead atoms. The van der Waals surface area contributed by atoms with E-state index in [1.165, 1.54) is 24.8 Å². The third-order valence-corrected chi connectivity index (χ3v) is 6.53. The summed E-state index contributed by atoms with van der Waals surface area (Å²) in [7, 11) is 0. The highest BCUT2D eigenvalue weighted by Crippen LogP contribution is 2.38. The largest absolute Gasteiger partial charge is 0.490 e. The molecule has 1 amide bonds. The van der Waals surface area contributed by atoms with Gasteiger partial charge >= 0.3 is 24.3 Å². The zero-order valence-corrected chi connectivity index (χ0v) is 21.6. The van der Waals surface area contributed by atoms with Crippen molar-refractivity contribution in [2.45, 2.75) is 50.1 Å². The van der Waals surface area contributed by atoms with Crippen LogP contribution in [0.15, 0.2) is 48.8 Å². The quantitative estimate of drug-likeness (QED) is 0.464. The molecule has 4 rings (SSSR count). The molecule has 2 fully saturated rings. The Labute approximate surface area is 230 Å². The van der Waals surface area contributed by atoms with Crippen molar-refractivity contribution in [1.82, 2.24) is 14.8 Å². The number of halogens is 7. The Morgan fingerprint density at radius 2 is 1.32 bits per heavy atom. The summed E-state index contributed by atoms with van der Waals surface area (Å²) in [6, 6.07) is 11.8. The van der Waals surface area contributed by atoms with Crippen molar-refractivity contribution in [3.63, 3.8) is 0 Å². The first kappa shape index (κ1) is 32.8. The van der Waals surface area contributed by atoms with E-state index < -0.39 is 24.3 Å². The van der Waals surface area contributed by atoms with Crippen LogP contribution in [0, 0.1) is 0 Å². The van der Waals surface area contributed by atoms with E-state index in [4.69, 9.17) is 31.4 Å². The van der Waals surface area contributed by atoms with Gasteiger partial charge in [0.2, 0.25) is 0 Å². The summed E-state index contributed by atoms with van der Waals surface area (Å²) >= 11 is 6.02. The first-order chi connectivity index (χ1) is 18.5. The van der Waals surface area contributed by atoms with Crippen LogP contribution in [0.2, 0.25) is 5.02 Å². The molecule has 1 spiro atoms. The summed E-state index contributed by atoms with van der Waals surface area (Å²) in [5.74, 6) is -5.38. The first-order valence-electron chi connectivity index (χ1n) is 11.8. The topological polar surface area (TPSA) is 111 Å². The molecule has 8 nitrogen and oxygen atoms in total. The molecular formula is C25H26ClF6N3O5. The molecule has 3 heterocycles. The van der Waals surface area contributed by atoms with E-state index in [-0.39, 0.29) is 11.4 Å². The molecule has 2 aliphatic rings. The maximum Gasteiger partial charge on any atom is 0.490 e. The lowest BCUT2D eigenvalue weighted by molar-refractivity contribution is -0.193. The smallest absolute Gasteiger partial charge is 0.475 e. The number of carbonyl (C=O) groups excluding carboxylic acids is 1. The van der Waals surface area contributed by atoms with Gasteiger partial charge in [-0.3, -0.25) is 14.7 Å². The van der Waals surface area contributed by atoms with Gasteiger partial charge in [0.05, 0.1) is 0 Å². The van der Waals surface area contributed by atoms with Gasteiger partial charge in [-0.1, -0.05) is 23.7 Å². The number of amides is 1. The molecule has 0 saturated carbocycles. The Morgan fingerprint density at radius 3 is 1.80 bits per heavy atom. The Kier molecular flexibility index (Phi) is 11.3. The molecule has 2 aromatic rings. The van der Waals surface area contributed by atoms with Crippen molar-refractivity contribution in [2.24, 2.45) is 0 Å². The van der Waals surface area contributed by atoms with Crippen molar-refractivity contribution >= 4 is 29.4 Å². The highest BCUT2D eigenvalue weighted by atomic mass is 35.5. The summed E-state index contributed by atoms with van der Waals surface area (Å²) in [6.45, 7) is 3.69. The Morgan fingerprint density at radius 1 is 0.850 bits per heavy atom. The molecule has 0 aliphatic carbocycles. The van der Waals surface area contributed by atoms with E-state index in [1.807, 2.05) is 29.2 Å². The fourth-order valence-corrected chi connectivity index (χ4v) is 4.60. The normalized spacial score (nSPS) is 19.2. The number of rotatable bonds is 3. The number of benzene rings is 1. The van der Waals surface area contributed by atoms with Crippen LogP contribution in [0.25, 0.3) is 0 Å². The van der Waals surface area contributed by atoms with Crippen LogP contribution < -0.4 is 0 Å². The molecule has 1 aromatic heterocycles. The molecular weight excluding hydrogens is 572 g/mol. The van der Waals surface area contributed by atoms with Crippen LogP contribution in [-0.4, -0.2) is 80.4 Å². The fraction of sp³-hybridized carbons (Fsp3) is 0.440. The number of hydrogen-bond acceptors (Lipinski definition) is 5. The third kappa shape index (κ3) is 9.66. The van der Waals surface area contributed by atoms with Crippen LogP contribution in [-0.2, 0) is 16.1 Å². The van der Waals surface area contributed by atoms with Crippen LogP contribution in [0.5, 0.6) is 0 Å². The van der Waals surface area contributed by atoms with E-state index in [0.29, 0.717) is 0 Å². The number of carbonyl (C=O) groups is 3. The summed E-state index contributed by atoms with van der Waals surface area (Å²) in [6.07, 6.45) is -2.19. The molecule has 1 unspecified atom stereocenters. The second-order valence-electron chi connectivity index (χ2n) is 9.05. The van der Waals surface area contributed by atoms with Crippen molar-refractivity contribution in [3.05, 3.63) is 64.9 Å². The maximum atomic E-state index is 12.9. The van der Waals surface area contributed by atoms with Gasteiger partial charge in [-0.2, -0.15) is 26.3 Å². The van der Waals surface area contributed by atoms with Crippen molar-refractivity contribution in [3.8, 4) is 0 Å². The molecule has 1 atom stereocenters. The lowest BCUT2D eigenvalue weighted by Gasteiger charge is -2.46. The van der Waals surface area contributed by atoms with Gasteiger partial charge in [-0.15, -0.1) is 0 Å².